The number of aliphatic hydroxyl groups excluding tert-OH is 1. The van der Waals surface area contributed by atoms with Gasteiger partial charge in [0.2, 0.25) is 5.91 Å². The average molecular weight is 413 g/mol. The Balaban J connectivity index is 1.73. The van der Waals surface area contributed by atoms with Gasteiger partial charge >= 0.3 is 0 Å². The van der Waals surface area contributed by atoms with Crippen LogP contribution in [0.4, 0.5) is 5.69 Å². The monoisotopic (exact) mass is 412 g/mol. The number of amides is 1. The summed E-state index contributed by atoms with van der Waals surface area (Å²) in [6.07, 6.45) is 0.796. The Hall–Kier alpha value is -2.91. The highest BCUT2D eigenvalue weighted by Crippen LogP contribution is 2.25. The molecule has 0 fully saturated rings. The highest BCUT2D eigenvalue weighted by atomic mass is 32.2. The van der Waals surface area contributed by atoms with Crippen LogP contribution in [0.15, 0.2) is 48.1 Å². The van der Waals surface area contributed by atoms with Crippen LogP contribution in [0.5, 0.6) is 0 Å². The molecule has 2 N–H and O–H groups in total. The molecule has 0 saturated carbocycles. The SMILES string of the molecule is C=CCn1c(SCC(=O)Nc2c(C)nn(C)c2C)nnc1[C@H](O)c1ccccc1. The van der Waals surface area contributed by atoms with Gasteiger partial charge in [-0.1, -0.05) is 48.2 Å². The lowest BCUT2D eigenvalue weighted by Gasteiger charge is -2.13. The predicted molar refractivity (Wildman–Crippen MR) is 113 cm³/mol. The van der Waals surface area contributed by atoms with E-state index in [2.05, 4.69) is 27.2 Å². The van der Waals surface area contributed by atoms with E-state index in [-0.39, 0.29) is 11.7 Å². The fourth-order valence-electron chi connectivity index (χ4n) is 2.95. The Bertz CT molecular complexity index is 1010. The van der Waals surface area contributed by atoms with E-state index in [0.717, 1.165) is 22.6 Å². The summed E-state index contributed by atoms with van der Waals surface area (Å²) >= 11 is 1.26. The van der Waals surface area contributed by atoms with Gasteiger partial charge in [-0.2, -0.15) is 5.10 Å². The molecule has 1 amide bonds. The zero-order valence-electron chi connectivity index (χ0n) is 16.7. The lowest BCUT2D eigenvalue weighted by Crippen LogP contribution is -2.16. The van der Waals surface area contributed by atoms with Crippen molar-refractivity contribution in [1.82, 2.24) is 24.5 Å². The normalized spacial score (nSPS) is 12.0. The second kappa shape index (κ2) is 9.06. The van der Waals surface area contributed by atoms with Gasteiger partial charge in [0.1, 0.15) is 6.10 Å². The van der Waals surface area contributed by atoms with E-state index >= 15 is 0 Å². The summed E-state index contributed by atoms with van der Waals surface area (Å²) in [5.74, 6) is 0.412. The number of carbonyl (C=O) groups excluding carboxylic acids is 1. The number of benzene rings is 1. The molecule has 1 aromatic carbocycles. The summed E-state index contributed by atoms with van der Waals surface area (Å²) in [6.45, 7) is 7.95. The van der Waals surface area contributed by atoms with Crippen LogP contribution in [0.25, 0.3) is 0 Å². The van der Waals surface area contributed by atoms with Gasteiger partial charge in [-0.3, -0.25) is 14.0 Å². The molecule has 0 spiro atoms. The van der Waals surface area contributed by atoms with Gasteiger partial charge in [0.25, 0.3) is 0 Å². The van der Waals surface area contributed by atoms with Crippen LogP contribution in [0.2, 0.25) is 0 Å². The molecule has 0 bridgehead atoms. The summed E-state index contributed by atoms with van der Waals surface area (Å²) < 4.78 is 3.50. The molecule has 29 heavy (non-hydrogen) atoms. The largest absolute Gasteiger partial charge is 0.380 e. The summed E-state index contributed by atoms with van der Waals surface area (Å²) in [5, 5.41) is 26.8. The number of aryl methyl sites for hydroxylation is 2. The number of nitrogens with zero attached hydrogens (tertiary/aromatic N) is 5. The fourth-order valence-corrected chi connectivity index (χ4v) is 3.71. The van der Waals surface area contributed by atoms with Crippen molar-refractivity contribution in [3.8, 4) is 0 Å². The zero-order valence-corrected chi connectivity index (χ0v) is 17.5. The molecular weight excluding hydrogens is 388 g/mol. The maximum absolute atomic E-state index is 12.4. The van der Waals surface area contributed by atoms with E-state index in [9.17, 15) is 9.90 Å². The minimum Gasteiger partial charge on any atom is -0.380 e. The van der Waals surface area contributed by atoms with E-state index in [0.29, 0.717) is 17.5 Å². The Morgan fingerprint density at radius 1 is 1.31 bits per heavy atom. The number of allylic oxidation sites excluding steroid dienone is 1. The third-order valence-corrected chi connectivity index (χ3v) is 5.49. The highest BCUT2D eigenvalue weighted by Gasteiger charge is 2.21. The van der Waals surface area contributed by atoms with Crippen LogP contribution in [-0.2, 0) is 18.4 Å². The molecule has 0 aliphatic heterocycles. The molecule has 1 atom stereocenters. The summed E-state index contributed by atoms with van der Waals surface area (Å²) in [7, 11) is 1.84. The van der Waals surface area contributed by atoms with Crippen LogP contribution in [0.3, 0.4) is 0 Å². The van der Waals surface area contributed by atoms with Gasteiger partial charge in [-0.05, 0) is 19.4 Å². The zero-order chi connectivity index (χ0) is 21.0. The molecular formula is C20H24N6O2S. The minimum atomic E-state index is -0.910. The summed E-state index contributed by atoms with van der Waals surface area (Å²) in [5.41, 5.74) is 3.11. The molecule has 0 unspecified atom stereocenters. The van der Waals surface area contributed by atoms with Crippen molar-refractivity contribution in [3.63, 3.8) is 0 Å². The molecule has 3 rings (SSSR count). The number of hydrogen-bond acceptors (Lipinski definition) is 6. The first-order valence-electron chi connectivity index (χ1n) is 9.12. The molecule has 2 heterocycles. The van der Waals surface area contributed by atoms with Crippen molar-refractivity contribution in [1.29, 1.82) is 0 Å². The minimum absolute atomic E-state index is 0.157. The van der Waals surface area contributed by atoms with Crippen LogP contribution >= 0.6 is 11.8 Å². The number of nitrogens with one attached hydrogen (secondary N) is 1. The van der Waals surface area contributed by atoms with Gasteiger partial charge in [-0.15, -0.1) is 16.8 Å². The van der Waals surface area contributed by atoms with Gasteiger partial charge in [0, 0.05) is 13.6 Å². The second-order valence-corrected chi connectivity index (χ2v) is 7.50. The van der Waals surface area contributed by atoms with Crippen molar-refractivity contribution < 1.29 is 9.90 Å². The Morgan fingerprint density at radius 3 is 2.66 bits per heavy atom. The first-order valence-corrected chi connectivity index (χ1v) is 10.1. The van der Waals surface area contributed by atoms with Gasteiger partial charge < -0.3 is 10.4 Å². The lowest BCUT2D eigenvalue weighted by molar-refractivity contribution is -0.113. The Kier molecular flexibility index (Phi) is 6.50. The molecule has 2 aromatic heterocycles. The standard InChI is InChI=1S/C20H24N6O2S/c1-5-11-26-19(18(28)15-9-7-6-8-10-15)22-23-20(26)29-12-16(27)21-17-13(2)24-25(4)14(17)3/h5-10,18,28H,1,11-12H2,2-4H3,(H,21,27)/t18-/m1/s1. The van der Waals surface area contributed by atoms with Crippen molar-refractivity contribution in [2.45, 2.75) is 31.7 Å². The van der Waals surface area contributed by atoms with Crippen LogP contribution in [0.1, 0.15) is 28.9 Å². The van der Waals surface area contributed by atoms with Crippen molar-refractivity contribution in [2.75, 3.05) is 11.1 Å². The van der Waals surface area contributed by atoms with E-state index in [1.807, 2.05) is 51.2 Å². The van der Waals surface area contributed by atoms with E-state index in [1.54, 1.807) is 15.3 Å². The van der Waals surface area contributed by atoms with Crippen molar-refractivity contribution >= 4 is 23.4 Å². The molecule has 0 radical (unpaired) electrons. The van der Waals surface area contributed by atoms with Crippen molar-refractivity contribution in [3.05, 3.63) is 65.8 Å². The smallest absolute Gasteiger partial charge is 0.234 e. The number of hydrogen-bond donors (Lipinski definition) is 2. The Morgan fingerprint density at radius 2 is 2.03 bits per heavy atom. The van der Waals surface area contributed by atoms with E-state index in [1.165, 1.54) is 11.8 Å². The third kappa shape index (κ3) is 4.57. The van der Waals surface area contributed by atoms with Gasteiger partial charge in [-0.25, -0.2) is 0 Å². The van der Waals surface area contributed by atoms with Crippen LogP contribution < -0.4 is 5.32 Å². The van der Waals surface area contributed by atoms with Gasteiger partial charge in [0.05, 0.1) is 22.8 Å². The molecule has 3 aromatic rings. The second-order valence-electron chi connectivity index (χ2n) is 6.56. The first-order chi connectivity index (χ1) is 13.9. The predicted octanol–water partition coefficient (Wildman–Crippen LogP) is 2.63. The van der Waals surface area contributed by atoms with Gasteiger partial charge in [0.15, 0.2) is 11.0 Å². The molecule has 0 aliphatic carbocycles. The highest BCUT2D eigenvalue weighted by molar-refractivity contribution is 7.99. The molecule has 152 valence electrons. The summed E-state index contributed by atoms with van der Waals surface area (Å²) in [4.78, 5) is 12.4. The molecule has 0 saturated heterocycles. The Labute approximate surface area is 173 Å². The lowest BCUT2D eigenvalue weighted by atomic mass is 10.1. The average Bonchev–Trinajstić information content (AvgIpc) is 3.22. The first kappa shape index (κ1) is 20.8. The third-order valence-electron chi connectivity index (χ3n) is 4.52. The molecule has 8 nitrogen and oxygen atoms in total. The quantitative estimate of drug-likeness (QED) is 0.436. The van der Waals surface area contributed by atoms with Crippen LogP contribution in [0, 0.1) is 13.8 Å². The number of anilines is 1. The fraction of sp³-hybridized carbons (Fsp3) is 0.300. The number of rotatable bonds is 8. The topological polar surface area (TPSA) is 97.9 Å². The number of thioether (sulfide) groups is 1. The molecule has 9 heteroatoms. The van der Waals surface area contributed by atoms with Crippen molar-refractivity contribution in [2.24, 2.45) is 7.05 Å². The van der Waals surface area contributed by atoms with E-state index < -0.39 is 6.10 Å². The molecule has 0 aliphatic rings. The number of aliphatic hydroxyl groups is 1. The van der Waals surface area contributed by atoms with E-state index in [4.69, 9.17) is 0 Å². The maximum Gasteiger partial charge on any atom is 0.234 e. The maximum atomic E-state index is 12.4. The number of carbonyl (C=O) groups is 1. The number of aromatic nitrogens is 5. The van der Waals surface area contributed by atoms with Crippen LogP contribution in [-0.4, -0.2) is 41.3 Å². The summed E-state index contributed by atoms with van der Waals surface area (Å²) in [6, 6.07) is 9.26.